The Labute approximate surface area is 184 Å². The minimum atomic E-state index is -1.02. The molecule has 2 aromatic carbocycles. The van der Waals surface area contributed by atoms with E-state index < -0.39 is 5.97 Å². The molecule has 0 saturated heterocycles. The summed E-state index contributed by atoms with van der Waals surface area (Å²) in [7, 11) is 0. The number of nitrogens with zero attached hydrogens (tertiary/aromatic N) is 2. The van der Waals surface area contributed by atoms with E-state index in [2.05, 4.69) is 46.5 Å². The first-order valence-electron chi connectivity index (χ1n) is 10.1. The lowest BCUT2D eigenvalue weighted by Gasteiger charge is -2.11. The van der Waals surface area contributed by atoms with E-state index in [4.69, 9.17) is 4.74 Å². The van der Waals surface area contributed by atoms with E-state index in [-0.39, 0.29) is 5.56 Å². The van der Waals surface area contributed by atoms with Crippen molar-refractivity contribution in [2.75, 3.05) is 18.5 Å². The van der Waals surface area contributed by atoms with Gasteiger partial charge in [-0.05, 0) is 49.4 Å². The molecule has 0 bridgehead atoms. The Bertz CT molecular complexity index is 1240. The van der Waals surface area contributed by atoms with E-state index in [0.717, 1.165) is 24.3 Å². The third-order valence-corrected chi connectivity index (χ3v) is 6.18. The van der Waals surface area contributed by atoms with Gasteiger partial charge in [-0.3, -0.25) is 0 Å². The second-order valence-corrected chi connectivity index (χ2v) is 8.30. The zero-order valence-electron chi connectivity index (χ0n) is 17.4. The summed E-state index contributed by atoms with van der Waals surface area (Å²) < 4.78 is 6.82. The molecular weight excluding hydrogens is 410 g/mol. The maximum absolute atomic E-state index is 11.4. The highest BCUT2D eigenvalue weighted by atomic mass is 32.1. The summed E-state index contributed by atoms with van der Waals surface area (Å²) in [5.74, 6) is 0.0409. The van der Waals surface area contributed by atoms with Gasteiger partial charge in [0.1, 0.15) is 23.5 Å². The van der Waals surface area contributed by atoms with Crippen molar-refractivity contribution >= 4 is 33.2 Å². The molecule has 6 nitrogen and oxygen atoms in total. The number of thiophene rings is 1. The normalized spacial score (nSPS) is 10.9. The fraction of sp³-hybridized carbons (Fsp3) is 0.208. The molecule has 4 rings (SSSR count). The number of anilines is 1. The molecule has 0 aliphatic rings. The molecule has 158 valence electrons. The Hall–Kier alpha value is -3.45. The molecule has 2 heterocycles. The molecule has 7 heteroatoms. The SMILES string of the molecule is CCOc1cc(-c2cc(NCCc3c(C)sc4ccccc34)ncn2)ccc1C(=O)O. The number of hydrogen-bond acceptors (Lipinski definition) is 6. The van der Waals surface area contributed by atoms with Crippen LogP contribution >= 0.6 is 11.3 Å². The van der Waals surface area contributed by atoms with Gasteiger partial charge in [0.2, 0.25) is 0 Å². The number of rotatable bonds is 8. The standard InChI is InChI=1S/C24H23N3O3S/c1-3-30-21-12-16(8-9-19(21)24(28)29)20-13-23(27-14-26-20)25-11-10-17-15(2)31-22-7-5-4-6-18(17)22/h4-9,12-14H,3,10-11H2,1-2H3,(H,28,29)(H,25,26,27). The number of benzene rings is 2. The van der Waals surface area contributed by atoms with E-state index in [1.54, 1.807) is 18.2 Å². The molecule has 2 aromatic heterocycles. The summed E-state index contributed by atoms with van der Waals surface area (Å²) >= 11 is 1.83. The molecule has 0 radical (unpaired) electrons. The van der Waals surface area contributed by atoms with E-state index in [1.807, 2.05) is 24.3 Å². The number of carboxylic acids is 1. The largest absolute Gasteiger partial charge is 0.493 e. The van der Waals surface area contributed by atoms with Crippen molar-refractivity contribution in [1.29, 1.82) is 0 Å². The number of carboxylic acid groups (broad SMARTS) is 1. The summed E-state index contributed by atoms with van der Waals surface area (Å²) in [6, 6.07) is 15.3. The van der Waals surface area contributed by atoms with Gasteiger partial charge in [-0.2, -0.15) is 0 Å². The number of aromatic carboxylic acids is 1. The monoisotopic (exact) mass is 433 g/mol. The van der Waals surface area contributed by atoms with Crippen LogP contribution in [0.1, 0.15) is 27.7 Å². The molecule has 31 heavy (non-hydrogen) atoms. The zero-order chi connectivity index (χ0) is 21.8. The minimum absolute atomic E-state index is 0.136. The molecule has 0 amide bonds. The van der Waals surface area contributed by atoms with E-state index in [0.29, 0.717) is 18.1 Å². The average Bonchev–Trinajstić information content (AvgIpc) is 3.09. The number of nitrogens with one attached hydrogen (secondary N) is 1. The van der Waals surface area contributed by atoms with Crippen molar-refractivity contribution < 1.29 is 14.6 Å². The highest BCUT2D eigenvalue weighted by molar-refractivity contribution is 7.19. The van der Waals surface area contributed by atoms with Crippen LogP contribution in [0.4, 0.5) is 5.82 Å². The van der Waals surface area contributed by atoms with Crippen LogP contribution in [0.25, 0.3) is 21.3 Å². The van der Waals surface area contributed by atoms with Gasteiger partial charge < -0.3 is 15.2 Å². The number of ether oxygens (including phenoxy) is 1. The second-order valence-electron chi connectivity index (χ2n) is 7.05. The van der Waals surface area contributed by atoms with Gasteiger partial charge in [-0.1, -0.05) is 24.3 Å². The summed E-state index contributed by atoms with van der Waals surface area (Å²) in [6.07, 6.45) is 2.41. The molecule has 0 saturated carbocycles. The van der Waals surface area contributed by atoms with Gasteiger partial charge >= 0.3 is 5.97 Å². The number of aromatic nitrogens is 2. The Morgan fingerprint density at radius 3 is 2.81 bits per heavy atom. The predicted octanol–water partition coefficient (Wildman–Crippen LogP) is 5.42. The Balaban J connectivity index is 1.50. The lowest BCUT2D eigenvalue weighted by molar-refractivity contribution is 0.0692. The van der Waals surface area contributed by atoms with Gasteiger partial charge in [0.25, 0.3) is 0 Å². The summed E-state index contributed by atoms with van der Waals surface area (Å²) in [5.41, 5.74) is 2.98. The third-order valence-electron chi connectivity index (χ3n) is 5.06. The Kier molecular flexibility index (Phi) is 6.13. The number of carbonyl (C=O) groups is 1. The fourth-order valence-electron chi connectivity index (χ4n) is 3.59. The lowest BCUT2D eigenvalue weighted by atomic mass is 10.1. The third kappa shape index (κ3) is 4.51. The Morgan fingerprint density at radius 1 is 1.16 bits per heavy atom. The van der Waals surface area contributed by atoms with Crippen molar-refractivity contribution in [2.24, 2.45) is 0 Å². The molecule has 0 atom stereocenters. The molecule has 0 fully saturated rings. The highest BCUT2D eigenvalue weighted by Crippen LogP contribution is 2.31. The number of aryl methyl sites for hydroxylation is 1. The van der Waals surface area contributed by atoms with Crippen molar-refractivity contribution in [2.45, 2.75) is 20.3 Å². The zero-order valence-corrected chi connectivity index (χ0v) is 18.2. The van der Waals surface area contributed by atoms with Gasteiger partial charge in [-0.15, -0.1) is 11.3 Å². The van der Waals surface area contributed by atoms with E-state index in [1.165, 1.54) is 26.9 Å². The second kappa shape index (κ2) is 9.14. The van der Waals surface area contributed by atoms with Crippen LogP contribution in [0, 0.1) is 6.92 Å². The van der Waals surface area contributed by atoms with Gasteiger partial charge in [0, 0.05) is 27.8 Å². The van der Waals surface area contributed by atoms with Crippen LogP contribution in [0.3, 0.4) is 0 Å². The van der Waals surface area contributed by atoms with Gasteiger partial charge in [0.05, 0.1) is 12.3 Å². The number of fused-ring (bicyclic) bond motifs is 1. The number of hydrogen-bond donors (Lipinski definition) is 2. The average molecular weight is 434 g/mol. The van der Waals surface area contributed by atoms with Gasteiger partial charge in [0.15, 0.2) is 0 Å². The van der Waals surface area contributed by atoms with E-state index in [9.17, 15) is 9.90 Å². The highest BCUT2D eigenvalue weighted by Gasteiger charge is 2.14. The smallest absolute Gasteiger partial charge is 0.339 e. The first-order chi connectivity index (χ1) is 15.1. The molecule has 0 aliphatic heterocycles. The molecule has 4 aromatic rings. The van der Waals surface area contributed by atoms with Crippen LogP contribution in [-0.4, -0.2) is 34.2 Å². The molecular formula is C24H23N3O3S. The van der Waals surface area contributed by atoms with E-state index >= 15 is 0 Å². The molecule has 2 N–H and O–H groups in total. The van der Waals surface area contributed by atoms with Crippen LogP contribution in [0.2, 0.25) is 0 Å². The maximum atomic E-state index is 11.4. The van der Waals surface area contributed by atoms with Crippen LogP contribution < -0.4 is 10.1 Å². The van der Waals surface area contributed by atoms with Crippen molar-refractivity contribution in [3.8, 4) is 17.0 Å². The Morgan fingerprint density at radius 2 is 2.00 bits per heavy atom. The molecule has 0 unspecified atom stereocenters. The first-order valence-corrected chi connectivity index (χ1v) is 10.9. The minimum Gasteiger partial charge on any atom is -0.493 e. The van der Waals surface area contributed by atoms with Crippen LogP contribution in [-0.2, 0) is 6.42 Å². The topological polar surface area (TPSA) is 84.3 Å². The van der Waals surface area contributed by atoms with Crippen molar-refractivity contribution in [3.05, 3.63) is 70.9 Å². The van der Waals surface area contributed by atoms with Crippen molar-refractivity contribution in [3.63, 3.8) is 0 Å². The molecule has 0 spiro atoms. The van der Waals surface area contributed by atoms with Crippen LogP contribution in [0.15, 0.2) is 54.9 Å². The fourth-order valence-corrected chi connectivity index (χ4v) is 4.71. The maximum Gasteiger partial charge on any atom is 0.339 e. The predicted molar refractivity (Wildman–Crippen MR) is 124 cm³/mol. The van der Waals surface area contributed by atoms with Crippen molar-refractivity contribution in [1.82, 2.24) is 9.97 Å². The first kappa shape index (κ1) is 20.8. The summed E-state index contributed by atoms with van der Waals surface area (Å²) in [4.78, 5) is 21.4. The quantitative estimate of drug-likeness (QED) is 0.386. The molecule has 0 aliphatic carbocycles. The van der Waals surface area contributed by atoms with Gasteiger partial charge in [-0.25, -0.2) is 14.8 Å². The van der Waals surface area contributed by atoms with Crippen LogP contribution in [0.5, 0.6) is 5.75 Å². The summed E-state index contributed by atoms with van der Waals surface area (Å²) in [5, 5.41) is 14.0. The summed E-state index contributed by atoms with van der Waals surface area (Å²) in [6.45, 7) is 5.13. The lowest BCUT2D eigenvalue weighted by Crippen LogP contribution is -2.07.